The third-order valence-electron chi connectivity index (χ3n) is 4.67. The highest BCUT2D eigenvalue weighted by Crippen LogP contribution is 2.38. The van der Waals surface area contributed by atoms with Crippen LogP contribution in [0.4, 0.5) is 10.1 Å². The fraction of sp³-hybridized carbons (Fsp3) is 0.211. The maximum atomic E-state index is 13.8. The third-order valence-corrected chi connectivity index (χ3v) is 7.86. The maximum absolute atomic E-state index is 13.8. The van der Waals surface area contributed by atoms with E-state index in [2.05, 4.69) is 15.5 Å². The van der Waals surface area contributed by atoms with E-state index in [1.807, 2.05) is 0 Å². The number of carbonyl (C=O) groups excluding carboxylic acids is 1. The number of hydrogen-bond acceptors (Lipinski definition) is 6. The van der Waals surface area contributed by atoms with Crippen LogP contribution in [0.5, 0.6) is 0 Å². The van der Waals surface area contributed by atoms with Gasteiger partial charge in [0.2, 0.25) is 15.0 Å². The molecule has 1 N–H and O–H groups in total. The van der Waals surface area contributed by atoms with Gasteiger partial charge in [0.05, 0.1) is 16.6 Å². The molecule has 1 unspecified atom stereocenters. The summed E-state index contributed by atoms with van der Waals surface area (Å²) >= 11 is 6.86. The molecule has 3 aromatic rings. The van der Waals surface area contributed by atoms with Crippen LogP contribution in [0.3, 0.4) is 0 Å². The molecule has 2 aromatic carbocycles. The molecule has 156 valence electrons. The summed E-state index contributed by atoms with van der Waals surface area (Å²) in [5.74, 6) is -1.17. The van der Waals surface area contributed by atoms with Crippen molar-refractivity contribution in [1.82, 2.24) is 14.5 Å². The Morgan fingerprint density at radius 2 is 1.90 bits per heavy atom. The fourth-order valence-corrected chi connectivity index (χ4v) is 5.96. The lowest BCUT2D eigenvalue weighted by atomic mass is 10.2. The largest absolute Gasteiger partial charge is 0.317 e. The van der Waals surface area contributed by atoms with Crippen LogP contribution in [-0.2, 0) is 10.0 Å². The molecule has 1 fully saturated rings. The van der Waals surface area contributed by atoms with Crippen molar-refractivity contribution in [3.63, 3.8) is 0 Å². The van der Waals surface area contributed by atoms with E-state index >= 15 is 0 Å². The number of sulfonamides is 1. The van der Waals surface area contributed by atoms with Gasteiger partial charge in [-0.2, -0.15) is 4.31 Å². The summed E-state index contributed by atoms with van der Waals surface area (Å²) in [5.41, 5.74) is 0.0343. The van der Waals surface area contributed by atoms with Gasteiger partial charge in [-0.3, -0.25) is 4.79 Å². The van der Waals surface area contributed by atoms with Crippen LogP contribution in [0.1, 0.15) is 33.7 Å². The molecule has 11 heteroatoms. The molecule has 1 atom stereocenters. The Balaban J connectivity index is 1.55. The Hall–Kier alpha value is -2.40. The zero-order valence-corrected chi connectivity index (χ0v) is 17.8. The van der Waals surface area contributed by atoms with Crippen molar-refractivity contribution in [3.8, 4) is 0 Å². The summed E-state index contributed by atoms with van der Waals surface area (Å²) in [4.78, 5) is 12.6. The van der Waals surface area contributed by atoms with Gasteiger partial charge in [-0.1, -0.05) is 35.1 Å². The van der Waals surface area contributed by atoms with E-state index < -0.39 is 27.8 Å². The van der Waals surface area contributed by atoms with Crippen LogP contribution in [0.25, 0.3) is 0 Å². The number of benzene rings is 2. The molecule has 1 aliphatic heterocycles. The van der Waals surface area contributed by atoms with Gasteiger partial charge in [0, 0.05) is 11.6 Å². The molecule has 1 saturated heterocycles. The van der Waals surface area contributed by atoms with E-state index in [4.69, 9.17) is 11.6 Å². The average molecular weight is 467 g/mol. The average Bonchev–Trinajstić information content (AvgIpc) is 3.40. The number of anilines is 1. The van der Waals surface area contributed by atoms with Crippen LogP contribution in [0, 0.1) is 5.82 Å². The Morgan fingerprint density at radius 3 is 2.63 bits per heavy atom. The third kappa shape index (κ3) is 4.08. The molecule has 0 spiro atoms. The predicted molar refractivity (Wildman–Crippen MR) is 112 cm³/mol. The minimum absolute atomic E-state index is 0.0315. The van der Waals surface area contributed by atoms with Crippen LogP contribution >= 0.6 is 22.9 Å². The van der Waals surface area contributed by atoms with Gasteiger partial charge in [0.15, 0.2) is 0 Å². The summed E-state index contributed by atoms with van der Waals surface area (Å²) < 4.78 is 41.3. The van der Waals surface area contributed by atoms with E-state index in [9.17, 15) is 17.6 Å². The monoisotopic (exact) mass is 466 g/mol. The maximum Gasteiger partial charge on any atom is 0.286 e. The Kier molecular flexibility index (Phi) is 5.83. The van der Waals surface area contributed by atoms with Gasteiger partial charge in [-0.25, -0.2) is 12.8 Å². The van der Waals surface area contributed by atoms with Crippen molar-refractivity contribution >= 4 is 44.6 Å². The van der Waals surface area contributed by atoms with E-state index in [0.29, 0.717) is 29.4 Å². The minimum Gasteiger partial charge on any atom is -0.317 e. The molecule has 1 amide bonds. The fourth-order valence-electron chi connectivity index (χ4n) is 3.22. The normalized spacial score (nSPS) is 17.2. The molecule has 0 bridgehead atoms. The van der Waals surface area contributed by atoms with Crippen molar-refractivity contribution in [2.75, 3.05) is 11.9 Å². The van der Waals surface area contributed by atoms with Crippen molar-refractivity contribution < 1.29 is 17.6 Å². The van der Waals surface area contributed by atoms with Crippen LogP contribution in [0.15, 0.2) is 53.4 Å². The quantitative estimate of drug-likeness (QED) is 0.611. The highest BCUT2D eigenvalue weighted by atomic mass is 35.5. The number of amides is 1. The Labute approximate surface area is 181 Å². The van der Waals surface area contributed by atoms with Gasteiger partial charge in [-0.05, 0) is 49.2 Å². The molecule has 2 heterocycles. The first-order valence-electron chi connectivity index (χ1n) is 9.03. The molecule has 1 aromatic heterocycles. The number of rotatable bonds is 5. The van der Waals surface area contributed by atoms with Gasteiger partial charge < -0.3 is 5.32 Å². The zero-order valence-electron chi connectivity index (χ0n) is 15.5. The van der Waals surface area contributed by atoms with Crippen molar-refractivity contribution in [1.29, 1.82) is 0 Å². The number of nitrogens with one attached hydrogen (secondary N) is 1. The Bertz CT molecular complexity index is 1180. The minimum atomic E-state index is -3.75. The molecule has 1 aliphatic rings. The highest BCUT2D eigenvalue weighted by molar-refractivity contribution is 7.89. The summed E-state index contributed by atoms with van der Waals surface area (Å²) in [6, 6.07) is 11.2. The van der Waals surface area contributed by atoms with E-state index in [0.717, 1.165) is 11.3 Å². The topological polar surface area (TPSA) is 92.3 Å². The lowest BCUT2D eigenvalue weighted by molar-refractivity contribution is 0.102. The van der Waals surface area contributed by atoms with Crippen LogP contribution < -0.4 is 5.32 Å². The predicted octanol–water partition coefficient (Wildman–Crippen LogP) is 4.11. The SMILES string of the molecule is O=C(Nc1ccccc1F)c1nnc(C2CCCN2S(=O)(=O)c2ccc(Cl)cc2)s1. The van der Waals surface area contributed by atoms with Crippen LogP contribution in [0.2, 0.25) is 5.02 Å². The molecule has 0 aliphatic carbocycles. The van der Waals surface area contributed by atoms with E-state index in [1.54, 1.807) is 6.07 Å². The molecule has 7 nitrogen and oxygen atoms in total. The van der Waals surface area contributed by atoms with Crippen molar-refractivity contribution in [3.05, 3.63) is 69.4 Å². The second-order valence-corrected chi connectivity index (χ2v) is 9.94. The smallest absolute Gasteiger partial charge is 0.286 e. The molecule has 0 saturated carbocycles. The van der Waals surface area contributed by atoms with Gasteiger partial charge >= 0.3 is 0 Å². The summed E-state index contributed by atoms with van der Waals surface area (Å²) in [6.45, 7) is 0.339. The molecule has 0 radical (unpaired) electrons. The molecular weight excluding hydrogens is 451 g/mol. The molecule has 4 rings (SSSR count). The number of carbonyl (C=O) groups is 1. The van der Waals surface area contributed by atoms with E-state index in [1.165, 1.54) is 46.8 Å². The second kappa shape index (κ2) is 8.38. The molecular formula is C19H16ClFN4O3S2. The summed E-state index contributed by atoms with van der Waals surface area (Å²) in [5, 5.41) is 11.3. The number of para-hydroxylation sites is 1. The standard InChI is InChI=1S/C19H16ClFN4O3S2/c20-12-7-9-13(10-8-12)30(27,28)25-11-3-6-16(25)18-23-24-19(29-18)17(26)22-15-5-2-1-4-14(15)21/h1-2,4-5,7-10,16H,3,6,11H2,(H,22,26). The van der Waals surface area contributed by atoms with Gasteiger partial charge in [-0.15, -0.1) is 10.2 Å². The first-order chi connectivity index (χ1) is 14.4. The number of hydrogen-bond donors (Lipinski definition) is 1. The van der Waals surface area contributed by atoms with Crippen molar-refractivity contribution in [2.24, 2.45) is 0 Å². The zero-order chi connectivity index (χ0) is 21.3. The van der Waals surface area contributed by atoms with E-state index in [-0.39, 0.29) is 15.6 Å². The first kappa shape index (κ1) is 20.9. The second-order valence-electron chi connectivity index (χ2n) is 6.61. The Morgan fingerprint density at radius 1 is 1.17 bits per heavy atom. The van der Waals surface area contributed by atoms with Crippen LogP contribution in [-0.4, -0.2) is 35.4 Å². The van der Waals surface area contributed by atoms with Gasteiger partial charge in [0.1, 0.15) is 10.8 Å². The summed E-state index contributed by atoms with van der Waals surface area (Å²) in [7, 11) is -3.75. The van der Waals surface area contributed by atoms with Crippen molar-refractivity contribution in [2.45, 2.75) is 23.8 Å². The highest BCUT2D eigenvalue weighted by Gasteiger charge is 2.38. The van der Waals surface area contributed by atoms with Gasteiger partial charge in [0.25, 0.3) is 5.91 Å². The number of nitrogens with zero attached hydrogens (tertiary/aromatic N) is 3. The molecule has 30 heavy (non-hydrogen) atoms. The number of halogens is 2. The summed E-state index contributed by atoms with van der Waals surface area (Å²) in [6.07, 6.45) is 1.23. The number of aromatic nitrogens is 2. The lowest BCUT2D eigenvalue weighted by Gasteiger charge is -2.22. The first-order valence-corrected chi connectivity index (χ1v) is 11.7. The lowest BCUT2D eigenvalue weighted by Crippen LogP contribution is -2.30.